The topological polar surface area (TPSA) is 84.0 Å². The number of imidazole rings is 2. The first kappa shape index (κ1) is 51.6. The van der Waals surface area contributed by atoms with Crippen molar-refractivity contribution in [3.05, 3.63) is 222 Å². The van der Waals surface area contributed by atoms with Gasteiger partial charge in [0.1, 0.15) is 39.9 Å². The van der Waals surface area contributed by atoms with Crippen LogP contribution in [0.5, 0.6) is 11.5 Å². The smallest absolute Gasteiger partial charge is 0.156 e. The number of nitrogens with zero attached hydrogens (tertiary/aromatic N) is 5. The van der Waals surface area contributed by atoms with E-state index in [0.29, 0.717) is 17.1 Å². The molecule has 0 fully saturated rings. The fourth-order valence-corrected chi connectivity index (χ4v) is 12.6. The van der Waals surface area contributed by atoms with Crippen molar-refractivity contribution in [3.8, 4) is 67.9 Å². The molecule has 0 unspecified atom stereocenters. The fraction of sp³-hybridized carbons (Fsp3) is 0.187. The Kier molecular flexibility index (Phi) is 12.5. The van der Waals surface area contributed by atoms with Gasteiger partial charge in [-0.2, -0.15) is 0 Å². The van der Waals surface area contributed by atoms with Crippen LogP contribution in [0.1, 0.15) is 113 Å². The summed E-state index contributed by atoms with van der Waals surface area (Å²) < 4.78 is 25.9. The van der Waals surface area contributed by atoms with Gasteiger partial charge in [0.25, 0.3) is 0 Å². The van der Waals surface area contributed by atoms with Crippen LogP contribution in [0.15, 0.2) is 197 Å². The molecule has 83 heavy (non-hydrogen) atoms. The monoisotopic (exact) mass is 1080 g/mol. The van der Waals surface area contributed by atoms with Gasteiger partial charge < -0.3 is 13.6 Å². The SMILES string of the molecule is Cc1cc2c(oc3cc4c(cc32)oc2c(-c3nc5ccccc5n3-c3c(C(C)C)cc(-c5ccccc5)cc3C(C)C)cc(Oc3cccc(-c5nc6ccccc6n5-c5c(C(C)C)cc(-c6ccccc6)cc5C(C)C)c3)cc24)c(C)n1. The Morgan fingerprint density at radius 3 is 1.36 bits per heavy atom. The molecule has 8 heteroatoms. The molecule has 0 amide bonds. The van der Waals surface area contributed by atoms with E-state index in [1.54, 1.807) is 0 Å². The van der Waals surface area contributed by atoms with E-state index in [4.69, 9.17) is 28.5 Å². The molecule has 0 saturated heterocycles. The Labute approximate surface area is 483 Å². The Balaban J connectivity index is 0.991. The number of aryl methyl sites for hydroxylation is 2. The number of benzene rings is 9. The number of hydrogen-bond donors (Lipinski definition) is 0. The minimum Gasteiger partial charge on any atom is -0.457 e. The van der Waals surface area contributed by atoms with Crippen LogP contribution < -0.4 is 4.74 Å². The van der Waals surface area contributed by atoms with E-state index < -0.39 is 0 Å². The zero-order valence-corrected chi connectivity index (χ0v) is 48.7. The maximum absolute atomic E-state index is 7.26. The standard InChI is InChI=1S/C75H65N5O3/c1-42(2)55-34-51(48-22-13-11-14-23-48)35-56(43(3)4)70(55)79-66-30-19-17-28-64(66)77-74(79)50-26-21-27-53(33-50)81-54-38-62-60-41-68-59(61-32-46(9)76-47(10)72(61)82-68)40-69(60)83-73(62)63(39-54)75-78-65-29-18-20-31-67(65)80(75)71-57(44(5)6)36-52(37-58(71)45(7)8)49-24-15-12-16-25-49/h11-45H,1-10H3. The van der Waals surface area contributed by atoms with E-state index >= 15 is 0 Å². The predicted molar refractivity (Wildman–Crippen MR) is 342 cm³/mol. The molecule has 5 heterocycles. The highest BCUT2D eigenvalue weighted by Crippen LogP contribution is 2.47. The minimum atomic E-state index is 0.178. The molecule has 5 aromatic heterocycles. The van der Waals surface area contributed by atoms with E-state index in [0.717, 1.165) is 100 Å². The molecule has 0 aliphatic rings. The summed E-state index contributed by atoms with van der Waals surface area (Å²) in [5.41, 5.74) is 22.5. The molecular weight excluding hydrogens is 1020 g/mol. The van der Waals surface area contributed by atoms with Crippen molar-refractivity contribution in [2.45, 2.75) is 92.9 Å². The summed E-state index contributed by atoms with van der Waals surface area (Å²) in [7, 11) is 0. The third-order valence-electron chi connectivity index (χ3n) is 16.6. The molecule has 9 aromatic carbocycles. The second kappa shape index (κ2) is 20.2. The summed E-state index contributed by atoms with van der Waals surface area (Å²) in [5, 5.41) is 3.77. The number of aromatic nitrogens is 5. The quantitative estimate of drug-likeness (QED) is 0.121. The normalized spacial score (nSPS) is 12.2. The fourth-order valence-electron chi connectivity index (χ4n) is 12.6. The number of para-hydroxylation sites is 4. The first-order valence-corrected chi connectivity index (χ1v) is 29.2. The molecule has 0 aliphatic carbocycles. The number of ether oxygens (including phenoxy) is 1. The van der Waals surface area contributed by atoms with Crippen LogP contribution in [0, 0.1) is 13.8 Å². The average molecular weight is 1080 g/mol. The van der Waals surface area contributed by atoms with Gasteiger partial charge in [-0.25, -0.2) is 9.97 Å². The largest absolute Gasteiger partial charge is 0.457 e. The van der Waals surface area contributed by atoms with Crippen LogP contribution in [-0.4, -0.2) is 24.1 Å². The molecule has 0 bridgehead atoms. The third-order valence-corrected chi connectivity index (χ3v) is 16.6. The molecule has 14 rings (SSSR count). The summed E-state index contributed by atoms with van der Waals surface area (Å²) in [5.74, 6) is 3.70. The number of fused-ring (bicyclic) bond motifs is 8. The van der Waals surface area contributed by atoms with Gasteiger partial charge in [0.15, 0.2) is 5.58 Å². The molecule has 0 radical (unpaired) electrons. The Hall–Kier alpha value is -9.53. The Morgan fingerprint density at radius 2 is 0.831 bits per heavy atom. The van der Waals surface area contributed by atoms with Crippen LogP contribution in [0.2, 0.25) is 0 Å². The lowest BCUT2D eigenvalue weighted by atomic mass is 9.88. The maximum Gasteiger partial charge on any atom is 0.156 e. The Bertz CT molecular complexity index is 4800. The van der Waals surface area contributed by atoms with Crippen molar-refractivity contribution < 1.29 is 13.6 Å². The number of rotatable bonds is 12. The van der Waals surface area contributed by atoms with Gasteiger partial charge in [-0.05, 0) is 173 Å². The van der Waals surface area contributed by atoms with Crippen molar-refractivity contribution in [1.82, 2.24) is 24.1 Å². The molecule has 0 aliphatic heterocycles. The van der Waals surface area contributed by atoms with E-state index in [-0.39, 0.29) is 23.7 Å². The summed E-state index contributed by atoms with van der Waals surface area (Å²) in [6.07, 6.45) is 0. The van der Waals surface area contributed by atoms with Crippen LogP contribution >= 0.6 is 0 Å². The maximum atomic E-state index is 7.26. The van der Waals surface area contributed by atoms with Crippen LogP contribution in [0.4, 0.5) is 0 Å². The Morgan fingerprint density at radius 1 is 0.373 bits per heavy atom. The number of hydrogen-bond acceptors (Lipinski definition) is 6. The summed E-state index contributed by atoms with van der Waals surface area (Å²) in [6.45, 7) is 22.4. The molecule has 0 saturated carbocycles. The summed E-state index contributed by atoms with van der Waals surface area (Å²) >= 11 is 0. The van der Waals surface area contributed by atoms with Crippen molar-refractivity contribution in [2.75, 3.05) is 0 Å². The molecule has 8 nitrogen and oxygen atoms in total. The molecule has 0 atom stereocenters. The summed E-state index contributed by atoms with van der Waals surface area (Å²) in [4.78, 5) is 15.8. The highest BCUT2D eigenvalue weighted by Gasteiger charge is 2.29. The van der Waals surface area contributed by atoms with Gasteiger partial charge in [0, 0.05) is 32.8 Å². The van der Waals surface area contributed by atoms with E-state index in [9.17, 15) is 0 Å². The second-order valence-electron chi connectivity index (χ2n) is 23.6. The van der Waals surface area contributed by atoms with Gasteiger partial charge in [0.05, 0.1) is 44.7 Å². The highest BCUT2D eigenvalue weighted by molar-refractivity contribution is 6.17. The van der Waals surface area contributed by atoms with E-state index in [2.05, 4.69) is 247 Å². The number of furan rings is 2. The third kappa shape index (κ3) is 8.78. The zero-order chi connectivity index (χ0) is 56.9. The first-order chi connectivity index (χ1) is 40.3. The van der Waals surface area contributed by atoms with Gasteiger partial charge in [-0.15, -0.1) is 0 Å². The van der Waals surface area contributed by atoms with Gasteiger partial charge >= 0.3 is 0 Å². The van der Waals surface area contributed by atoms with E-state index in [1.807, 2.05) is 19.9 Å². The number of pyridine rings is 1. The van der Waals surface area contributed by atoms with Crippen LogP contribution in [-0.2, 0) is 0 Å². The van der Waals surface area contributed by atoms with Crippen LogP contribution in [0.25, 0.3) is 122 Å². The molecule has 0 N–H and O–H groups in total. The lowest BCUT2D eigenvalue weighted by Gasteiger charge is -2.24. The predicted octanol–water partition coefficient (Wildman–Crippen LogP) is 21.1. The van der Waals surface area contributed by atoms with Crippen molar-refractivity contribution in [1.29, 1.82) is 0 Å². The van der Waals surface area contributed by atoms with Crippen molar-refractivity contribution in [2.24, 2.45) is 0 Å². The average Bonchev–Trinajstić information content (AvgIpc) is 3.74. The van der Waals surface area contributed by atoms with Gasteiger partial charge in [-0.3, -0.25) is 14.1 Å². The van der Waals surface area contributed by atoms with Crippen molar-refractivity contribution in [3.63, 3.8) is 0 Å². The van der Waals surface area contributed by atoms with Crippen molar-refractivity contribution >= 4 is 65.9 Å². The van der Waals surface area contributed by atoms with Gasteiger partial charge in [-0.1, -0.05) is 152 Å². The lowest BCUT2D eigenvalue weighted by Crippen LogP contribution is -2.09. The second-order valence-corrected chi connectivity index (χ2v) is 23.6. The first-order valence-electron chi connectivity index (χ1n) is 29.2. The van der Waals surface area contributed by atoms with Crippen LogP contribution in [0.3, 0.4) is 0 Å². The molecule has 0 spiro atoms. The molecular formula is C75H65N5O3. The highest BCUT2D eigenvalue weighted by atomic mass is 16.5. The van der Waals surface area contributed by atoms with E-state index in [1.165, 1.54) is 50.2 Å². The molecule has 14 aromatic rings. The summed E-state index contributed by atoms with van der Waals surface area (Å²) in [6, 6.07) is 66.8. The minimum absolute atomic E-state index is 0.178. The zero-order valence-electron chi connectivity index (χ0n) is 48.7. The molecule has 408 valence electrons. The van der Waals surface area contributed by atoms with Gasteiger partial charge in [0.2, 0.25) is 0 Å². The lowest BCUT2D eigenvalue weighted by molar-refractivity contribution is 0.483.